The van der Waals surface area contributed by atoms with Gasteiger partial charge in [0.2, 0.25) is 0 Å². The number of anilines is 2. The molecule has 13 aromatic rings. The normalized spacial score (nSPS) is 11.8. The smallest absolute Gasteiger partial charge is 0.0549 e. The number of hydrogen-bond acceptors (Lipinski definition) is 1. The second-order valence-corrected chi connectivity index (χ2v) is 17.0. The van der Waals surface area contributed by atoms with Crippen molar-refractivity contribution in [3.8, 4) is 28.2 Å². The van der Waals surface area contributed by atoms with Crippen LogP contribution in [0.25, 0.3) is 116 Å². The summed E-state index contributed by atoms with van der Waals surface area (Å²) in [6.45, 7) is 8.43. The molecule has 0 aliphatic carbocycles. The quantitative estimate of drug-likeness (QED) is 0.162. The fourth-order valence-corrected chi connectivity index (χ4v) is 10.8. The third-order valence-corrected chi connectivity index (χ3v) is 13.6. The van der Waals surface area contributed by atoms with Gasteiger partial charge in [-0.25, -0.2) is 0 Å². The lowest BCUT2D eigenvalue weighted by Crippen LogP contribution is -2.00. The van der Waals surface area contributed by atoms with Crippen LogP contribution in [0.15, 0.2) is 225 Å². The topological polar surface area (TPSA) is 26.8 Å². The summed E-state index contributed by atoms with van der Waals surface area (Å²) in [6, 6.07) is 77.0. The summed E-state index contributed by atoms with van der Waals surface area (Å²) in [5.41, 5.74) is 15.6. The van der Waals surface area contributed by atoms with Crippen LogP contribution in [-0.4, -0.2) is 13.7 Å². The number of fused-ring (bicyclic) bond motifs is 9. The number of aromatic nitrogens is 3. The molecule has 10 aromatic carbocycles. The molecule has 0 spiro atoms. The average Bonchev–Trinajstić information content (AvgIpc) is 4.01. The van der Waals surface area contributed by atoms with Gasteiger partial charge in [0.25, 0.3) is 0 Å². The molecule has 0 fully saturated rings. The SMILES string of the molecule is C=Cc1c(C=C)n(-c2cccc3c(Nc4cc5c6ccccc6n(-c6cccc7c(-n8c9ccccc9c9ccccc98)cccc67)c5cc4-c4ccccc4)cccc23)c2ccccc12. The van der Waals surface area contributed by atoms with Gasteiger partial charge in [-0.3, -0.25) is 0 Å². The van der Waals surface area contributed by atoms with Crippen molar-refractivity contribution >= 4 is 99.6 Å². The van der Waals surface area contributed by atoms with Gasteiger partial charge in [-0.15, -0.1) is 0 Å². The highest BCUT2D eigenvalue weighted by Crippen LogP contribution is 2.44. The summed E-state index contributed by atoms with van der Waals surface area (Å²) < 4.78 is 7.22. The Kier molecular flexibility index (Phi) is 8.49. The first-order chi connectivity index (χ1) is 32.7. The van der Waals surface area contributed by atoms with Crippen molar-refractivity contribution in [3.05, 3.63) is 237 Å². The zero-order valence-electron chi connectivity index (χ0n) is 36.1. The molecule has 1 N–H and O–H groups in total. The highest BCUT2D eigenvalue weighted by molar-refractivity contribution is 6.15. The van der Waals surface area contributed by atoms with Gasteiger partial charge in [0.15, 0.2) is 0 Å². The summed E-state index contributed by atoms with van der Waals surface area (Å²) in [5.74, 6) is 0. The van der Waals surface area contributed by atoms with Crippen molar-refractivity contribution in [3.63, 3.8) is 0 Å². The Labute approximate surface area is 381 Å². The van der Waals surface area contributed by atoms with E-state index >= 15 is 0 Å². The van der Waals surface area contributed by atoms with Gasteiger partial charge in [-0.1, -0.05) is 171 Å². The summed E-state index contributed by atoms with van der Waals surface area (Å²) in [5, 5.41) is 14.7. The predicted octanol–water partition coefficient (Wildman–Crippen LogP) is 16.8. The van der Waals surface area contributed by atoms with Crippen LogP contribution in [0.2, 0.25) is 0 Å². The predicted molar refractivity (Wildman–Crippen MR) is 282 cm³/mol. The van der Waals surface area contributed by atoms with Crippen LogP contribution < -0.4 is 5.32 Å². The van der Waals surface area contributed by atoms with Crippen LogP contribution in [0.5, 0.6) is 0 Å². The molecule has 0 atom stereocenters. The molecule has 0 unspecified atom stereocenters. The molecule has 66 heavy (non-hydrogen) atoms. The molecule has 0 amide bonds. The zero-order chi connectivity index (χ0) is 43.9. The van der Waals surface area contributed by atoms with E-state index in [0.717, 1.165) is 83.5 Å². The van der Waals surface area contributed by atoms with Gasteiger partial charge >= 0.3 is 0 Å². The fraction of sp³-hybridized carbons (Fsp3) is 0. The monoisotopic (exact) mass is 842 g/mol. The Morgan fingerprint density at radius 3 is 1.33 bits per heavy atom. The minimum absolute atomic E-state index is 1.03. The maximum absolute atomic E-state index is 4.25. The maximum atomic E-state index is 4.25. The van der Waals surface area contributed by atoms with Gasteiger partial charge < -0.3 is 19.0 Å². The van der Waals surface area contributed by atoms with E-state index in [2.05, 4.69) is 244 Å². The van der Waals surface area contributed by atoms with Gasteiger partial charge in [0, 0.05) is 71.0 Å². The second-order valence-electron chi connectivity index (χ2n) is 17.0. The highest BCUT2D eigenvalue weighted by Gasteiger charge is 2.21. The van der Waals surface area contributed by atoms with E-state index in [9.17, 15) is 0 Å². The minimum atomic E-state index is 1.03. The minimum Gasteiger partial charge on any atom is -0.354 e. The van der Waals surface area contributed by atoms with Crippen LogP contribution in [0, 0.1) is 0 Å². The van der Waals surface area contributed by atoms with Crippen LogP contribution in [0.3, 0.4) is 0 Å². The summed E-state index contributed by atoms with van der Waals surface area (Å²) in [7, 11) is 0. The van der Waals surface area contributed by atoms with Crippen LogP contribution in [-0.2, 0) is 0 Å². The molecule has 13 rings (SSSR count). The Balaban J connectivity index is 1.02. The summed E-state index contributed by atoms with van der Waals surface area (Å²) in [4.78, 5) is 0. The molecular formula is C62H42N4. The van der Waals surface area contributed by atoms with Crippen molar-refractivity contribution in [1.29, 1.82) is 0 Å². The van der Waals surface area contributed by atoms with E-state index in [0.29, 0.717) is 0 Å². The lowest BCUT2D eigenvalue weighted by molar-refractivity contribution is 1.12. The summed E-state index contributed by atoms with van der Waals surface area (Å²) in [6.07, 6.45) is 3.88. The third kappa shape index (κ3) is 5.52. The van der Waals surface area contributed by atoms with E-state index < -0.39 is 0 Å². The Morgan fingerprint density at radius 1 is 0.318 bits per heavy atom. The van der Waals surface area contributed by atoms with E-state index in [1.807, 2.05) is 12.2 Å². The van der Waals surface area contributed by atoms with Crippen molar-refractivity contribution < 1.29 is 0 Å². The van der Waals surface area contributed by atoms with Crippen molar-refractivity contribution in [1.82, 2.24) is 13.7 Å². The van der Waals surface area contributed by atoms with E-state index in [1.165, 1.54) is 43.4 Å². The van der Waals surface area contributed by atoms with Gasteiger partial charge in [-0.05, 0) is 72.3 Å². The first kappa shape index (κ1) is 37.7. The number of benzene rings is 10. The molecule has 0 aliphatic rings. The Morgan fingerprint density at radius 2 is 0.758 bits per heavy atom. The van der Waals surface area contributed by atoms with Crippen molar-refractivity contribution in [2.45, 2.75) is 0 Å². The lowest BCUT2D eigenvalue weighted by atomic mass is 9.99. The van der Waals surface area contributed by atoms with Gasteiger partial charge in [0.1, 0.15) is 0 Å². The number of rotatable bonds is 8. The molecular weight excluding hydrogens is 801 g/mol. The fourth-order valence-electron chi connectivity index (χ4n) is 10.8. The lowest BCUT2D eigenvalue weighted by Gasteiger charge is -2.18. The van der Waals surface area contributed by atoms with Crippen LogP contribution in [0.1, 0.15) is 11.3 Å². The van der Waals surface area contributed by atoms with Crippen LogP contribution >= 0.6 is 0 Å². The molecule has 310 valence electrons. The molecule has 3 heterocycles. The average molecular weight is 843 g/mol. The first-order valence-corrected chi connectivity index (χ1v) is 22.5. The molecule has 4 nitrogen and oxygen atoms in total. The molecule has 0 radical (unpaired) electrons. The molecule has 4 heteroatoms. The molecule has 0 aliphatic heterocycles. The van der Waals surface area contributed by atoms with Crippen LogP contribution in [0.4, 0.5) is 11.4 Å². The zero-order valence-corrected chi connectivity index (χ0v) is 36.1. The van der Waals surface area contributed by atoms with Crippen molar-refractivity contribution in [2.75, 3.05) is 5.32 Å². The number of nitrogens with zero attached hydrogens (tertiary/aromatic N) is 3. The van der Waals surface area contributed by atoms with E-state index in [4.69, 9.17) is 0 Å². The van der Waals surface area contributed by atoms with Crippen molar-refractivity contribution in [2.24, 2.45) is 0 Å². The highest BCUT2D eigenvalue weighted by atomic mass is 15.0. The number of para-hydroxylation sites is 4. The Bertz CT molecular complexity index is 4070. The maximum Gasteiger partial charge on any atom is 0.0549 e. The van der Waals surface area contributed by atoms with Gasteiger partial charge in [0.05, 0.1) is 50.3 Å². The molecule has 3 aromatic heterocycles. The standard InChI is InChI=1S/C62H42N4/c1-3-41-43-22-8-12-31-55(43)64(54(41)4-2)59-35-17-26-42-44(59)27-16-30-52(42)63-53-38-51-49-25-11-15-34-58(49)66(62(51)39-50(53)40-20-6-5-7-21-40)61-37-19-28-47-48(61)29-18-36-60(47)65-56-32-13-9-23-45(56)46-24-10-14-33-57(46)65/h3-39,63H,1-2H2. The largest absolute Gasteiger partial charge is 0.354 e. The molecule has 0 bridgehead atoms. The first-order valence-electron chi connectivity index (χ1n) is 22.5. The number of hydrogen-bond donors (Lipinski definition) is 1. The van der Waals surface area contributed by atoms with E-state index in [1.54, 1.807) is 0 Å². The summed E-state index contributed by atoms with van der Waals surface area (Å²) >= 11 is 0. The second kappa shape index (κ2) is 14.9. The third-order valence-electron chi connectivity index (χ3n) is 13.6. The number of nitrogens with one attached hydrogen (secondary N) is 1. The van der Waals surface area contributed by atoms with E-state index in [-0.39, 0.29) is 0 Å². The Hall–Kier alpha value is -8.86. The van der Waals surface area contributed by atoms with Gasteiger partial charge in [-0.2, -0.15) is 0 Å². The molecule has 0 saturated carbocycles. The molecule has 0 saturated heterocycles.